The lowest BCUT2D eigenvalue weighted by Crippen LogP contribution is -2.24. The predicted octanol–water partition coefficient (Wildman–Crippen LogP) is 2.77. The summed E-state index contributed by atoms with van der Waals surface area (Å²) in [6.45, 7) is 3.15. The molecule has 106 valence electrons. The second-order valence-electron chi connectivity index (χ2n) is 4.72. The van der Waals surface area contributed by atoms with Crippen molar-refractivity contribution in [1.82, 2.24) is 15.3 Å². The summed E-state index contributed by atoms with van der Waals surface area (Å²) in [6, 6.07) is 6.38. The SMILES string of the molecule is CCCNC(Cc1ccncc1)c1cncc(OC)c1. The largest absolute Gasteiger partial charge is 0.495 e. The van der Waals surface area contributed by atoms with Gasteiger partial charge in [0.15, 0.2) is 0 Å². The fraction of sp³-hybridized carbons (Fsp3) is 0.375. The van der Waals surface area contributed by atoms with Crippen LogP contribution in [0.1, 0.15) is 30.5 Å². The smallest absolute Gasteiger partial charge is 0.137 e. The average Bonchev–Trinajstić information content (AvgIpc) is 2.52. The third-order valence-electron chi connectivity index (χ3n) is 3.20. The molecule has 1 N–H and O–H groups in total. The first-order valence-corrected chi connectivity index (χ1v) is 6.94. The van der Waals surface area contributed by atoms with Crippen LogP contribution in [0.3, 0.4) is 0 Å². The minimum absolute atomic E-state index is 0.236. The number of nitrogens with one attached hydrogen (secondary N) is 1. The molecule has 2 aromatic rings. The van der Waals surface area contributed by atoms with Crippen LogP contribution >= 0.6 is 0 Å². The highest BCUT2D eigenvalue weighted by Crippen LogP contribution is 2.21. The van der Waals surface area contributed by atoms with Gasteiger partial charge in [-0.3, -0.25) is 9.97 Å². The van der Waals surface area contributed by atoms with Gasteiger partial charge < -0.3 is 10.1 Å². The molecule has 2 rings (SSSR count). The van der Waals surface area contributed by atoms with Crippen LogP contribution < -0.4 is 10.1 Å². The Hall–Kier alpha value is -1.94. The van der Waals surface area contributed by atoms with Crippen molar-refractivity contribution in [3.63, 3.8) is 0 Å². The highest BCUT2D eigenvalue weighted by Gasteiger charge is 2.12. The summed E-state index contributed by atoms with van der Waals surface area (Å²) in [5, 5.41) is 3.57. The Morgan fingerprint density at radius 2 is 2.00 bits per heavy atom. The molecule has 0 bridgehead atoms. The van der Waals surface area contributed by atoms with E-state index in [2.05, 4.69) is 22.2 Å². The van der Waals surface area contributed by atoms with Crippen LogP contribution in [0, 0.1) is 0 Å². The van der Waals surface area contributed by atoms with Gasteiger partial charge in [0.2, 0.25) is 0 Å². The number of methoxy groups -OCH3 is 1. The maximum atomic E-state index is 5.26. The average molecular weight is 271 g/mol. The highest BCUT2D eigenvalue weighted by atomic mass is 16.5. The Labute approximate surface area is 120 Å². The van der Waals surface area contributed by atoms with Gasteiger partial charge in [-0.05, 0) is 48.7 Å². The van der Waals surface area contributed by atoms with Gasteiger partial charge in [0.05, 0.1) is 13.3 Å². The van der Waals surface area contributed by atoms with Crippen molar-refractivity contribution in [2.75, 3.05) is 13.7 Å². The number of hydrogen-bond donors (Lipinski definition) is 1. The molecule has 0 fully saturated rings. The van der Waals surface area contributed by atoms with Gasteiger partial charge in [0.25, 0.3) is 0 Å². The molecule has 0 aliphatic rings. The summed E-state index contributed by atoms with van der Waals surface area (Å²) >= 11 is 0. The topological polar surface area (TPSA) is 47.0 Å². The molecule has 2 heterocycles. The molecule has 1 atom stereocenters. The fourth-order valence-electron chi connectivity index (χ4n) is 2.12. The lowest BCUT2D eigenvalue weighted by Gasteiger charge is -2.19. The molecular formula is C16H21N3O. The number of hydrogen-bond acceptors (Lipinski definition) is 4. The van der Waals surface area contributed by atoms with Crippen molar-refractivity contribution in [3.8, 4) is 5.75 Å². The molecule has 1 unspecified atom stereocenters. The standard InChI is InChI=1S/C16H21N3O/c1-3-6-19-16(9-13-4-7-17-8-5-13)14-10-15(20-2)12-18-11-14/h4-5,7-8,10-12,16,19H,3,6,9H2,1-2H3. The van der Waals surface area contributed by atoms with Crippen molar-refractivity contribution in [3.05, 3.63) is 54.1 Å². The van der Waals surface area contributed by atoms with Crippen molar-refractivity contribution in [2.45, 2.75) is 25.8 Å². The van der Waals surface area contributed by atoms with E-state index in [1.807, 2.05) is 36.8 Å². The molecule has 0 aromatic carbocycles. The minimum atomic E-state index is 0.236. The molecule has 0 saturated heterocycles. The first-order valence-electron chi connectivity index (χ1n) is 6.94. The lowest BCUT2D eigenvalue weighted by atomic mass is 10.0. The van der Waals surface area contributed by atoms with Crippen LogP contribution in [0.5, 0.6) is 5.75 Å². The van der Waals surface area contributed by atoms with Crippen LogP contribution in [-0.4, -0.2) is 23.6 Å². The zero-order chi connectivity index (χ0) is 14.2. The predicted molar refractivity (Wildman–Crippen MR) is 79.8 cm³/mol. The zero-order valence-corrected chi connectivity index (χ0v) is 12.0. The van der Waals surface area contributed by atoms with E-state index < -0.39 is 0 Å². The van der Waals surface area contributed by atoms with Crippen LogP contribution in [0.25, 0.3) is 0 Å². The van der Waals surface area contributed by atoms with Gasteiger partial charge >= 0.3 is 0 Å². The number of pyridine rings is 2. The summed E-state index contributed by atoms with van der Waals surface area (Å²) in [5.74, 6) is 0.792. The molecule has 4 nitrogen and oxygen atoms in total. The molecular weight excluding hydrogens is 250 g/mol. The van der Waals surface area contributed by atoms with Gasteiger partial charge in [-0.2, -0.15) is 0 Å². The first-order chi connectivity index (χ1) is 9.83. The van der Waals surface area contributed by atoms with E-state index in [0.717, 1.165) is 30.7 Å². The molecule has 0 saturated carbocycles. The molecule has 0 aliphatic heterocycles. The molecule has 0 radical (unpaired) electrons. The van der Waals surface area contributed by atoms with Crippen molar-refractivity contribution in [2.24, 2.45) is 0 Å². The Bertz CT molecular complexity index is 516. The molecule has 0 aliphatic carbocycles. The number of ether oxygens (including phenoxy) is 1. The van der Waals surface area contributed by atoms with Crippen molar-refractivity contribution < 1.29 is 4.74 Å². The highest BCUT2D eigenvalue weighted by molar-refractivity contribution is 5.27. The number of nitrogens with zero attached hydrogens (tertiary/aromatic N) is 2. The molecule has 2 aromatic heterocycles. The van der Waals surface area contributed by atoms with Gasteiger partial charge in [0.1, 0.15) is 5.75 Å². The van der Waals surface area contributed by atoms with Crippen molar-refractivity contribution >= 4 is 0 Å². The second-order valence-corrected chi connectivity index (χ2v) is 4.72. The van der Waals surface area contributed by atoms with E-state index in [1.165, 1.54) is 5.56 Å². The summed E-state index contributed by atoms with van der Waals surface area (Å²) < 4.78 is 5.26. The summed E-state index contributed by atoms with van der Waals surface area (Å²) in [6.07, 6.45) is 9.30. The first kappa shape index (κ1) is 14.5. The van der Waals surface area contributed by atoms with E-state index in [0.29, 0.717) is 0 Å². The monoisotopic (exact) mass is 271 g/mol. The van der Waals surface area contributed by atoms with E-state index in [4.69, 9.17) is 4.74 Å². The normalized spacial score (nSPS) is 12.1. The zero-order valence-electron chi connectivity index (χ0n) is 12.0. The van der Waals surface area contributed by atoms with Crippen LogP contribution in [-0.2, 0) is 6.42 Å². The minimum Gasteiger partial charge on any atom is -0.495 e. The van der Waals surface area contributed by atoms with E-state index >= 15 is 0 Å². The Morgan fingerprint density at radius 3 is 2.70 bits per heavy atom. The van der Waals surface area contributed by atoms with Crippen LogP contribution in [0.15, 0.2) is 43.0 Å². The number of aromatic nitrogens is 2. The second kappa shape index (κ2) is 7.60. The van der Waals surface area contributed by atoms with E-state index in [1.54, 1.807) is 13.3 Å². The Balaban J connectivity index is 2.17. The molecule has 20 heavy (non-hydrogen) atoms. The Kier molecular flexibility index (Phi) is 5.50. The summed E-state index contributed by atoms with van der Waals surface area (Å²) in [4.78, 5) is 8.31. The maximum absolute atomic E-state index is 5.26. The van der Waals surface area contributed by atoms with Gasteiger partial charge in [-0.25, -0.2) is 0 Å². The molecule has 0 amide bonds. The summed E-state index contributed by atoms with van der Waals surface area (Å²) in [5.41, 5.74) is 2.41. The van der Waals surface area contributed by atoms with Gasteiger partial charge in [0, 0.05) is 24.6 Å². The third-order valence-corrected chi connectivity index (χ3v) is 3.20. The molecule has 0 spiro atoms. The number of rotatable bonds is 7. The van der Waals surface area contributed by atoms with Gasteiger partial charge in [-0.1, -0.05) is 6.92 Å². The van der Waals surface area contributed by atoms with Crippen LogP contribution in [0.2, 0.25) is 0 Å². The fourth-order valence-corrected chi connectivity index (χ4v) is 2.12. The summed E-state index contributed by atoms with van der Waals surface area (Å²) in [7, 11) is 1.66. The molecule has 4 heteroatoms. The quantitative estimate of drug-likeness (QED) is 0.841. The van der Waals surface area contributed by atoms with Gasteiger partial charge in [-0.15, -0.1) is 0 Å². The lowest BCUT2D eigenvalue weighted by molar-refractivity contribution is 0.410. The Morgan fingerprint density at radius 1 is 1.20 bits per heavy atom. The van der Waals surface area contributed by atoms with Crippen molar-refractivity contribution in [1.29, 1.82) is 0 Å². The van der Waals surface area contributed by atoms with E-state index in [9.17, 15) is 0 Å². The maximum Gasteiger partial charge on any atom is 0.137 e. The third kappa shape index (κ3) is 4.03. The van der Waals surface area contributed by atoms with Crippen LogP contribution in [0.4, 0.5) is 0 Å². The van der Waals surface area contributed by atoms with E-state index in [-0.39, 0.29) is 6.04 Å².